The van der Waals surface area contributed by atoms with Crippen molar-refractivity contribution in [3.05, 3.63) is 12.3 Å². The molecule has 1 aliphatic heterocycles. The lowest BCUT2D eigenvalue weighted by molar-refractivity contribution is 0.136. The Labute approximate surface area is 49.3 Å². The van der Waals surface area contributed by atoms with Crippen molar-refractivity contribution in [2.45, 2.75) is 18.9 Å². The van der Waals surface area contributed by atoms with E-state index in [1.165, 1.54) is 0 Å². The molecule has 1 rings (SSSR count). The van der Waals surface area contributed by atoms with Crippen molar-refractivity contribution < 1.29 is 4.74 Å². The van der Waals surface area contributed by atoms with Gasteiger partial charge in [-0.2, -0.15) is 0 Å². The highest BCUT2D eigenvalue weighted by molar-refractivity contribution is 4.97. The van der Waals surface area contributed by atoms with Gasteiger partial charge in [-0.3, -0.25) is 0 Å². The molecular weight excluding hydrogens is 102 g/mol. The van der Waals surface area contributed by atoms with Crippen LogP contribution in [0.2, 0.25) is 0 Å². The zero-order valence-corrected chi connectivity index (χ0v) is 4.89. The molecule has 0 saturated carbocycles. The van der Waals surface area contributed by atoms with Gasteiger partial charge in [-0.15, -0.1) is 0 Å². The topological polar surface area (TPSA) is 35.2 Å². The molecule has 0 radical (unpaired) electrons. The highest BCUT2D eigenvalue weighted by Gasteiger charge is 2.15. The molecule has 8 heavy (non-hydrogen) atoms. The van der Waals surface area contributed by atoms with Crippen LogP contribution in [0.25, 0.3) is 0 Å². The third-order valence-corrected chi connectivity index (χ3v) is 1.34. The SMILES string of the molecule is C=C(N)C1CCCO1. The standard InChI is InChI=1S/C6H11NO/c1-5(7)6-3-2-4-8-6/h6H,1-4,7H2. The molecular formula is C6H11NO. The van der Waals surface area contributed by atoms with Gasteiger partial charge in [-0.1, -0.05) is 6.58 Å². The van der Waals surface area contributed by atoms with Gasteiger partial charge in [0.05, 0.1) is 6.10 Å². The number of hydrogen-bond acceptors (Lipinski definition) is 2. The van der Waals surface area contributed by atoms with E-state index in [0.29, 0.717) is 5.70 Å². The van der Waals surface area contributed by atoms with Gasteiger partial charge in [-0.25, -0.2) is 0 Å². The van der Waals surface area contributed by atoms with Crippen molar-refractivity contribution in [1.82, 2.24) is 0 Å². The first kappa shape index (κ1) is 5.63. The minimum atomic E-state index is 0.148. The summed E-state index contributed by atoms with van der Waals surface area (Å²) in [5.41, 5.74) is 6.05. The second kappa shape index (κ2) is 2.18. The predicted molar refractivity (Wildman–Crippen MR) is 32.3 cm³/mol. The number of rotatable bonds is 1. The smallest absolute Gasteiger partial charge is 0.0961 e. The largest absolute Gasteiger partial charge is 0.400 e. The summed E-state index contributed by atoms with van der Waals surface area (Å²) in [5, 5.41) is 0. The van der Waals surface area contributed by atoms with E-state index in [9.17, 15) is 0 Å². The highest BCUT2D eigenvalue weighted by Crippen LogP contribution is 2.14. The van der Waals surface area contributed by atoms with Crippen molar-refractivity contribution in [3.8, 4) is 0 Å². The third kappa shape index (κ3) is 1.01. The predicted octanol–water partition coefficient (Wildman–Crippen LogP) is 0.638. The van der Waals surface area contributed by atoms with E-state index in [4.69, 9.17) is 10.5 Å². The molecule has 0 bridgehead atoms. The Bertz CT molecular complexity index is 94.7. The van der Waals surface area contributed by atoms with Crippen LogP contribution in [-0.4, -0.2) is 12.7 Å². The van der Waals surface area contributed by atoms with Crippen LogP contribution < -0.4 is 5.73 Å². The van der Waals surface area contributed by atoms with Gasteiger partial charge in [0.1, 0.15) is 0 Å². The van der Waals surface area contributed by atoms with Crippen LogP contribution in [0.4, 0.5) is 0 Å². The van der Waals surface area contributed by atoms with Crippen LogP contribution in [0.15, 0.2) is 12.3 Å². The fourth-order valence-corrected chi connectivity index (χ4v) is 0.870. The van der Waals surface area contributed by atoms with Crippen LogP contribution in [0.5, 0.6) is 0 Å². The molecule has 0 aromatic rings. The van der Waals surface area contributed by atoms with E-state index in [0.717, 1.165) is 19.4 Å². The first-order valence-corrected chi connectivity index (χ1v) is 2.86. The molecule has 2 nitrogen and oxygen atoms in total. The average Bonchev–Trinajstić information content (AvgIpc) is 2.12. The van der Waals surface area contributed by atoms with Crippen LogP contribution in [0.3, 0.4) is 0 Å². The van der Waals surface area contributed by atoms with Gasteiger partial charge in [0.2, 0.25) is 0 Å². The van der Waals surface area contributed by atoms with E-state index < -0.39 is 0 Å². The van der Waals surface area contributed by atoms with Crippen molar-refractivity contribution in [1.29, 1.82) is 0 Å². The quantitative estimate of drug-likeness (QED) is 0.541. The lowest BCUT2D eigenvalue weighted by Crippen LogP contribution is -2.14. The molecule has 2 N–H and O–H groups in total. The van der Waals surface area contributed by atoms with E-state index in [1.54, 1.807) is 0 Å². The van der Waals surface area contributed by atoms with E-state index in [2.05, 4.69) is 6.58 Å². The lowest BCUT2D eigenvalue weighted by Gasteiger charge is -2.05. The van der Waals surface area contributed by atoms with Crippen molar-refractivity contribution >= 4 is 0 Å². The molecule has 1 saturated heterocycles. The maximum atomic E-state index is 5.38. The molecule has 0 amide bonds. The van der Waals surface area contributed by atoms with Crippen LogP contribution in [0, 0.1) is 0 Å². The first-order chi connectivity index (χ1) is 3.80. The summed E-state index contributed by atoms with van der Waals surface area (Å²) in [7, 11) is 0. The zero-order chi connectivity index (χ0) is 5.98. The molecule has 1 aliphatic rings. The summed E-state index contributed by atoms with van der Waals surface area (Å²) >= 11 is 0. The summed E-state index contributed by atoms with van der Waals surface area (Å²) < 4.78 is 5.19. The number of ether oxygens (including phenoxy) is 1. The van der Waals surface area contributed by atoms with Crippen LogP contribution in [0.1, 0.15) is 12.8 Å². The Morgan fingerprint density at radius 3 is 2.75 bits per heavy atom. The first-order valence-electron chi connectivity index (χ1n) is 2.86. The Morgan fingerprint density at radius 1 is 1.75 bits per heavy atom. The molecule has 0 aromatic carbocycles. The molecule has 1 heterocycles. The fraction of sp³-hybridized carbons (Fsp3) is 0.667. The number of nitrogens with two attached hydrogens (primary N) is 1. The minimum Gasteiger partial charge on any atom is -0.400 e. The normalized spacial score (nSPS) is 28.2. The summed E-state index contributed by atoms with van der Waals surface area (Å²) in [6, 6.07) is 0. The minimum absolute atomic E-state index is 0.148. The second-order valence-electron chi connectivity index (χ2n) is 2.08. The fourth-order valence-electron chi connectivity index (χ4n) is 0.870. The second-order valence-corrected chi connectivity index (χ2v) is 2.08. The molecule has 1 atom stereocenters. The Morgan fingerprint density at radius 2 is 2.50 bits per heavy atom. The van der Waals surface area contributed by atoms with E-state index >= 15 is 0 Å². The van der Waals surface area contributed by atoms with E-state index in [1.807, 2.05) is 0 Å². The van der Waals surface area contributed by atoms with Crippen molar-refractivity contribution in [2.24, 2.45) is 5.73 Å². The molecule has 0 aromatic heterocycles. The van der Waals surface area contributed by atoms with Gasteiger partial charge in [0, 0.05) is 12.3 Å². The molecule has 2 heteroatoms. The van der Waals surface area contributed by atoms with Crippen LogP contribution >= 0.6 is 0 Å². The summed E-state index contributed by atoms with van der Waals surface area (Å²) in [5.74, 6) is 0. The van der Waals surface area contributed by atoms with Crippen LogP contribution in [-0.2, 0) is 4.74 Å². The molecule has 0 aliphatic carbocycles. The molecule has 46 valence electrons. The van der Waals surface area contributed by atoms with Gasteiger partial charge in [0.25, 0.3) is 0 Å². The average molecular weight is 113 g/mol. The zero-order valence-electron chi connectivity index (χ0n) is 4.89. The Hall–Kier alpha value is -0.500. The van der Waals surface area contributed by atoms with Gasteiger partial charge < -0.3 is 10.5 Å². The number of hydrogen-bond donors (Lipinski definition) is 1. The summed E-state index contributed by atoms with van der Waals surface area (Å²) in [6.07, 6.45) is 2.32. The van der Waals surface area contributed by atoms with Gasteiger partial charge in [-0.05, 0) is 12.8 Å². The molecule has 0 spiro atoms. The Balaban J connectivity index is 2.35. The van der Waals surface area contributed by atoms with Gasteiger partial charge in [0.15, 0.2) is 0 Å². The molecule has 1 fully saturated rings. The summed E-state index contributed by atoms with van der Waals surface area (Å²) in [4.78, 5) is 0. The summed E-state index contributed by atoms with van der Waals surface area (Å²) in [6.45, 7) is 4.44. The lowest BCUT2D eigenvalue weighted by atomic mass is 10.2. The monoisotopic (exact) mass is 113 g/mol. The third-order valence-electron chi connectivity index (χ3n) is 1.34. The molecule has 1 unspecified atom stereocenters. The Kier molecular flexibility index (Phi) is 1.53. The maximum absolute atomic E-state index is 5.38. The maximum Gasteiger partial charge on any atom is 0.0961 e. The van der Waals surface area contributed by atoms with Crippen molar-refractivity contribution in [3.63, 3.8) is 0 Å². The van der Waals surface area contributed by atoms with Gasteiger partial charge >= 0.3 is 0 Å². The highest BCUT2D eigenvalue weighted by atomic mass is 16.5. The van der Waals surface area contributed by atoms with Crippen molar-refractivity contribution in [2.75, 3.05) is 6.61 Å². The van der Waals surface area contributed by atoms with E-state index in [-0.39, 0.29) is 6.10 Å².